The van der Waals surface area contributed by atoms with Gasteiger partial charge in [0.2, 0.25) is 0 Å². The smallest absolute Gasteiger partial charge is 0.179 e. The first kappa shape index (κ1) is 13.0. The predicted octanol–water partition coefficient (Wildman–Crippen LogP) is 4.92. The number of thiophene rings is 1. The van der Waals surface area contributed by atoms with Crippen LogP contribution in [0.15, 0.2) is 34.2 Å². The Balaban J connectivity index is 2.24. The van der Waals surface area contributed by atoms with Gasteiger partial charge in [-0.15, -0.1) is 11.3 Å². The van der Waals surface area contributed by atoms with Crippen molar-refractivity contribution >= 4 is 50.6 Å². The van der Waals surface area contributed by atoms with E-state index in [0.717, 1.165) is 26.8 Å². The molecule has 19 heavy (non-hydrogen) atoms. The summed E-state index contributed by atoms with van der Waals surface area (Å²) in [6.45, 7) is 2.17. The monoisotopic (exact) mass is 353 g/mol. The SMILES string of the molecule is CCC(c1cccs1)n1c(=S)[nH]c2cc(Br)cnc21. The van der Waals surface area contributed by atoms with Gasteiger partial charge >= 0.3 is 0 Å². The molecule has 3 heterocycles. The van der Waals surface area contributed by atoms with E-state index < -0.39 is 0 Å². The Morgan fingerprint density at radius 1 is 1.58 bits per heavy atom. The van der Waals surface area contributed by atoms with E-state index in [4.69, 9.17) is 12.2 Å². The summed E-state index contributed by atoms with van der Waals surface area (Å²) in [5.74, 6) is 0. The van der Waals surface area contributed by atoms with Crippen LogP contribution >= 0.6 is 39.5 Å². The van der Waals surface area contributed by atoms with Gasteiger partial charge in [-0.25, -0.2) is 4.98 Å². The molecule has 3 rings (SSSR count). The average Bonchev–Trinajstić information content (AvgIpc) is 2.99. The van der Waals surface area contributed by atoms with E-state index in [1.54, 1.807) is 11.3 Å². The van der Waals surface area contributed by atoms with Crippen molar-refractivity contribution in [3.63, 3.8) is 0 Å². The van der Waals surface area contributed by atoms with E-state index in [1.165, 1.54) is 4.88 Å². The fourth-order valence-corrected chi connectivity index (χ4v) is 3.82. The number of halogens is 1. The zero-order valence-electron chi connectivity index (χ0n) is 10.3. The molecule has 0 aromatic carbocycles. The Hall–Kier alpha value is -0.980. The number of H-pyrrole nitrogens is 1. The number of imidazole rings is 1. The van der Waals surface area contributed by atoms with E-state index in [9.17, 15) is 0 Å². The fraction of sp³-hybridized carbons (Fsp3) is 0.231. The van der Waals surface area contributed by atoms with Gasteiger partial charge in [0.25, 0.3) is 0 Å². The number of hydrogen-bond acceptors (Lipinski definition) is 3. The Labute approximate surface area is 128 Å². The van der Waals surface area contributed by atoms with Crippen LogP contribution in [0, 0.1) is 4.77 Å². The van der Waals surface area contributed by atoms with Crippen LogP contribution in [0.3, 0.4) is 0 Å². The lowest BCUT2D eigenvalue weighted by Crippen LogP contribution is -2.09. The number of nitrogens with one attached hydrogen (secondary N) is 1. The van der Waals surface area contributed by atoms with Crippen LogP contribution in [-0.2, 0) is 0 Å². The highest BCUT2D eigenvalue weighted by molar-refractivity contribution is 9.10. The molecule has 0 saturated heterocycles. The molecule has 0 radical (unpaired) electrons. The van der Waals surface area contributed by atoms with Crippen LogP contribution in [-0.4, -0.2) is 14.5 Å². The maximum atomic E-state index is 5.47. The Morgan fingerprint density at radius 3 is 3.11 bits per heavy atom. The van der Waals surface area contributed by atoms with Crippen molar-refractivity contribution in [1.29, 1.82) is 0 Å². The summed E-state index contributed by atoms with van der Waals surface area (Å²) < 4.78 is 3.79. The molecule has 1 unspecified atom stereocenters. The minimum absolute atomic E-state index is 0.245. The molecule has 0 amide bonds. The molecular formula is C13H12BrN3S2. The normalized spacial score (nSPS) is 12.9. The lowest BCUT2D eigenvalue weighted by Gasteiger charge is -2.15. The largest absolute Gasteiger partial charge is 0.329 e. The van der Waals surface area contributed by atoms with E-state index in [-0.39, 0.29) is 6.04 Å². The summed E-state index contributed by atoms with van der Waals surface area (Å²) >= 11 is 10.7. The summed E-state index contributed by atoms with van der Waals surface area (Å²) in [6, 6.07) is 6.48. The third-order valence-electron chi connectivity index (χ3n) is 3.09. The number of aromatic amines is 1. The zero-order chi connectivity index (χ0) is 13.4. The third-order valence-corrected chi connectivity index (χ3v) is 4.80. The summed E-state index contributed by atoms with van der Waals surface area (Å²) in [4.78, 5) is 9.05. The van der Waals surface area contributed by atoms with Crippen molar-refractivity contribution in [1.82, 2.24) is 14.5 Å². The number of hydrogen-bond donors (Lipinski definition) is 1. The molecule has 98 valence electrons. The van der Waals surface area contributed by atoms with E-state index in [2.05, 4.69) is 54.9 Å². The van der Waals surface area contributed by atoms with Gasteiger partial charge in [-0.2, -0.15) is 0 Å². The molecule has 6 heteroatoms. The Bertz CT molecular complexity index is 758. The van der Waals surface area contributed by atoms with Gasteiger partial charge in [0.15, 0.2) is 10.4 Å². The van der Waals surface area contributed by atoms with Gasteiger partial charge in [0.05, 0.1) is 11.6 Å². The van der Waals surface area contributed by atoms with Crippen LogP contribution in [0.2, 0.25) is 0 Å². The Kier molecular flexibility index (Phi) is 3.56. The van der Waals surface area contributed by atoms with Gasteiger partial charge < -0.3 is 4.98 Å². The molecule has 0 aliphatic heterocycles. The van der Waals surface area contributed by atoms with Gasteiger partial charge in [-0.05, 0) is 52.1 Å². The quantitative estimate of drug-likeness (QED) is 0.678. The van der Waals surface area contributed by atoms with Crippen LogP contribution in [0.25, 0.3) is 11.2 Å². The van der Waals surface area contributed by atoms with Crippen LogP contribution in [0.5, 0.6) is 0 Å². The average molecular weight is 354 g/mol. The molecule has 3 aromatic rings. The highest BCUT2D eigenvalue weighted by Gasteiger charge is 2.17. The van der Waals surface area contributed by atoms with Gasteiger partial charge in [0.1, 0.15) is 0 Å². The number of nitrogens with zero attached hydrogens (tertiary/aromatic N) is 2. The fourth-order valence-electron chi connectivity index (χ4n) is 2.27. The molecule has 0 fully saturated rings. The number of rotatable bonds is 3. The summed E-state index contributed by atoms with van der Waals surface area (Å²) in [7, 11) is 0. The van der Waals surface area contributed by atoms with Crippen molar-refractivity contribution in [2.75, 3.05) is 0 Å². The van der Waals surface area contributed by atoms with Gasteiger partial charge in [-0.1, -0.05) is 13.0 Å². The molecule has 0 aliphatic rings. The van der Waals surface area contributed by atoms with Crippen LogP contribution in [0.4, 0.5) is 0 Å². The number of fused-ring (bicyclic) bond motifs is 1. The first-order chi connectivity index (χ1) is 9.20. The second-order valence-corrected chi connectivity index (χ2v) is 6.55. The second-order valence-electron chi connectivity index (χ2n) is 4.26. The van der Waals surface area contributed by atoms with Crippen molar-refractivity contribution in [3.05, 3.63) is 43.9 Å². The van der Waals surface area contributed by atoms with E-state index in [1.807, 2.05) is 12.3 Å². The Morgan fingerprint density at radius 2 is 2.42 bits per heavy atom. The lowest BCUT2D eigenvalue weighted by molar-refractivity contribution is 0.581. The van der Waals surface area contributed by atoms with Crippen molar-refractivity contribution in [2.45, 2.75) is 19.4 Å². The summed E-state index contributed by atoms with van der Waals surface area (Å²) in [6.07, 6.45) is 2.79. The number of pyridine rings is 1. The maximum Gasteiger partial charge on any atom is 0.179 e. The van der Waals surface area contributed by atoms with E-state index in [0.29, 0.717) is 0 Å². The van der Waals surface area contributed by atoms with Crippen LogP contribution in [0.1, 0.15) is 24.3 Å². The lowest BCUT2D eigenvalue weighted by atomic mass is 10.2. The molecule has 3 nitrogen and oxygen atoms in total. The topological polar surface area (TPSA) is 33.6 Å². The van der Waals surface area contributed by atoms with Gasteiger partial charge in [-0.3, -0.25) is 4.57 Å². The van der Waals surface area contributed by atoms with Crippen LogP contribution < -0.4 is 0 Å². The third kappa shape index (κ3) is 2.28. The van der Waals surface area contributed by atoms with Crippen molar-refractivity contribution in [2.24, 2.45) is 0 Å². The van der Waals surface area contributed by atoms with Crippen molar-refractivity contribution < 1.29 is 0 Å². The predicted molar refractivity (Wildman–Crippen MR) is 85.4 cm³/mol. The summed E-state index contributed by atoms with van der Waals surface area (Å²) in [5.41, 5.74) is 1.88. The standard InChI is InChI=1S/C13H12BrN3S2/c1-2-10(11-4-3-5-19-11)17-12-9(16-13(17)18)6-8(14)7-15-12/h3-7,10H,2H2,1H3,(H,16,18). The minimum atomic E-state index is 0.245. The molecule has 0 saturated carbocycles. The molecular weight excluding hydrogens is 342 g/mol. The second kappa shape index (κ2) is 5.19. The maximum absolute atomic E-state index is 5.47. The molecule has 3 aromatic heterocycles. The van der Waals surface area contributed by atoms with E-state index >= 15 is 0 Å². The molecule has 0 bridgehead atoms. The zero-order valence-corrected chi connectivity index (χ0v) is 13.5. The molecule has 0 spiro atoms. The highest BCUT2D eigenvalue weighted by atomic mass is 79.9. The first-order valence-corrected chi connectivity index (χ1v) is 8.08. The molecule has 1 atom stereocenters. The van der Waals surface area contributed by atoms with Crippen molar-refractivity contribution in [3.8, 4) is 0 Å². The highest BCUT2D eigenvalue weighted by Crippen LogP contribution is 2.29. The first-order valence-electron chi connectivity index (χ1n) is 6.00. The van der Waals surface area contributed by atoms with Gasteiger partial charge in [0, 0.05) is 15.5 Å². The molecule has 1 N–H and O–H groups in total. The number of aromatic nitrogens is 3. The molecule has 0 aliphatic carbocycles. The minimum Gasteiger partial charge on any atom is -0.329 e. The summed E-state index contributed by atoms with van der Waals surface area (Å²) in [5, 5.41) is 2.10.